The van der Waals surface area contributed by atoms with Crippen LogP contribution in [0.4, 0.5) is 0 Å². The number of hydrazine groups is 1. The molecule has 1 aliphatic rings. The molecule has 0 bridgehead atoms. The minimum Gasteiger partial charge on any atom is -0.379 e. The highest BCUT2D eigenvalue weighted by Crippen LogP contribution is 1.98. The fourth-order valence-corrected chi connectivity index (χ4v) is 2.74. The summed E-state index contributed by atoms with van der Waals surface area (Å²) >= 11 is 0. The second-order valence-corrected chi connectivity index (χ2v) is 5.64. The van der Waals surface area contributed by atoms with Gasteiger partial charge in [0, 0.05) is 13.1 Å². The Bertz CT molecular complexity index is 276. The van der Waals surface area contributed by atoms with Gasteiger partial charge in [0.05, 0.1) is 19.0 Å². The third kappa shape index (κ3) is 5.76. The van der Waals surface area contributed by atoms with Gasteiger partial charge in [-0.15, -0.1) is 4.83 Å². The van der Waals surface area contributed by atoms with E-state index in [1.807, 2.05) is 7.05 Å². The van der Waals surface area contributed by atoms with Crippen molar-refractivity contribution in [3.63, 3.8) is 0 Å². The first-order chi connectivity index (χ1) is 7.64. The van der Waals surface area contributed by atoms with Crippen molar-refractivity contribution in [2.75, 3.05) is 45.6 Å². The number of hydrogen-bond acceptors (Lipinski definition) is 5. The van der Waals surface area contributed by atoms with E-state index in [-0.39, 0.29) is 5.75 Å². The minimum absolute atomic E-state index is 0.187. The Balaban J connectivity index is 2.22. The number of unbranched alkanes of at least 4 members (excludes halogenated alkanes) is 1. The SMILES string of the molecule is CNCCCCS(=O)(=O)NN1CCOCC1. The highest BCUT2D eigenvalue weighted by atomic mass is 32.2. The van der Waals surface area contributed by atoms with Gasteiger partial charge in [-0.1, -0.05) is 0 Å². The van der Waals surface area contributed by atoms with Crippen molar-refractivity contribution < 1.29 is 13.2 Å². The van der Waals surface area contributed by atoms with Crippen LogP contribution in [-0.2, 0) is 14.8 Å². The van der Waals surface area contributed by atoms with Crippen molar-refractivity contribution in [1.29, 1.82) is 0 Å². The standard InChI is InChI=1S/C9H21N3O3S/c1-10-4-2-3-9-16(13,14)11-12-5-7-15-8-6-12/h10-11H,2-9H2,1H3. The van der Waals surface area contributed by atoms with Gasteiger partial charge < -0.3 is 10.1 Å². The van der Waals surface area contributed by atoms with Crippen molar-refractivity contribution in [1.82, 2.24) is 15.2 Å². The molecule has 0 aromatic heterocycles. The molecular formula is C9H21N3O3S. The topological polar surface area (TPSA) is 70.7 Å². The highest BCUT2D eigenvalue weighted by Gasteiger charge is 2.17. The molecule has 0 aromatic rings. The number of hydrogen-bond donors (Lipinski definition) is 2. The van der Waals surface area contributed by atoms with Gasteiger partial charge in [-0.2, -0.15) is 0 Å². The van der Waals surface area contributed by atoms with E-state index in [2.05, 4.69) is 10.1 Å². The number of ether oxygens (including phenoxy) is 1. The van der Waals surface area contributed by atoms with Gasteiger partial charge in [0.25, 0.3) is 0 Å². The zero-order valence-electron chi connectivity index (χ0n) is 9.74. The van der Waals surface area contributed by atoms with Gasteiger partial charge in [-0.25, -0.2) is 13.4 Å². The summed E-state index contributed by atoms with van der Waals surface area (Å²) in [4.78, 5) is 2.58. The summed E-state index contributed by atoms with van der Waals surface area (Å²) in [6, 6.07) is 0. The smallest absolute Gasteiger partial charge is 0.224 e. The van der Waals surface area contributed by atoms with Crippen LogP contribution >= 0.6 is 0 Å². The lowest BCUT2D eigenvalue weighted by Crippen LogP contribution is -2.48. The summed E-state index contributed by atoms with van der Waals surface area (Å²) in [5, 5.41) is 4.70. The molecule has 0 radical (unpaired) electrons. The molecule has 0 aliphatic carbocycles. The zero-order chi connectivity index (χ0) is 11.9. The molecule has 2 N–H and O–H groups in total. The second kappa shape index (κ2) is 7.18. The molecule has 1 saturated heterocycles. The highest BCUT2D eigenvalue weighted by molar-refractivity contribution is 7.89. The van der Waals surface area contributed by atoms with Crippen LogP contribution in [-0.4, -0.2) is 59.1 Å². The molecule has 7 heteroatoms. The van der Waals surface area contributed by atoms with E-state index in [4.69, 9.17) is 4.74 Å². The number of rotatable bonds is 7. The minimum atomic E-state index is -3.17. The average Bonchev–Trinajstić information content (AvgIpc) is 2.25. The van der Waals surface area contributed by atoms with E-state index in [1.54, 1.807) is 5.01 Å². The van der Waals surface area contributed by atoms with Crippen LogP contribution < -0.4 is 10.1 Å². The van der Waals surface area contributed by atoms with E-state index >= 15 is 0 Å². The molecule has 96 valence electrons. The number of nitrogens with one attached hydrogen (secondary N) is 2. The Hall–Kier alpha value is -0.210. The zero-order valence-corrected chi connectivity index (χ0v) is 10.6. The van der Waals surface area contributed by atoms with Crippen LogP contribution in [0.15, 0.2) is 0 Å². The van der Waals surface area contributed by atoms with Gasteiger partial charge >= 0.3 is 0 Å². The lowest BCUT2D eigenvalue weighted by Gasteiger charge is -2.26. The van der Waals surface area contributed by atoms with Gasteiger partial charge in [0.1, 0.15) is 0 Å². The number of nitrogens with zero attached hydrogens (tertiary/aromatic N) is 1. The molecule has 1 fully saturated rings. The Labute approximate surface area is 97.4 Å². The van der Waals surface area contributed by atoms with Crippen LogP contribution in [0, 0.1) is 0 Å². The normalized spacial score (nSPS) is 18.8. The van der Waals surface area contributed by atoms with E-state index in [0.717, 1.165) is 13.0 Å². The summed E-state index contributed by atoms with van der Waals surface area (Å²) in [6.45, 7) is 3.27. The van der Waals surface area contributed by atoms with Crippen molar-refractivity contribution in [3.05, 3.63) is 0 Å². The Morgan fingerprint density at radius 3 is 2.56 bits per heavy atom. The fourth-order valence-electron chi connectivity index (χ4n) is 1.49. The summed E-state index contributed by atoms with van der Waals surface area (Å²) < 4.78 is 28.4. The molecule has 0 unspecified atom stereocenters. The van der Waals surface area contributed by atoms with Crippen molar-refractivity contribution in [2.24, 2.45) is 0 Å². The van der Waals surface area contributed by atoms with E-state index in [1.165, 1.54) is 0 Å². The molecule has 0 amide bonds. The Morgan fingerprint density at radius 1 is 1.25 bits per heavy atom. The molecule has 6 nitrogen and oxygen atoms in total. The lowest BCUT2D eigenvalue weighted by molar-refractivity contribution is 0.0272. The van der Waals surface area contributed by atoms with E-state index in [9.17, 15) is 8.42 Å². The van der Waals surface area contributed by atoms with Crippen LogP contribution in [0.5, 0.6) is 0 Å². The van der Waals surface area contributed by atoms with Crippen molar-refractivity contribution in [2.45, 2.75) is 12.8 Å². The van der Waals surface area contributed by atoms with Gasteiger partial charge in [0.2, 0.25) is 10.0 Å². The summed E-state index contributed by atoms with van der Waals surface area (Å²) in [7, 11) is -1.31. The van der Waals surface area contributed by atoms with Crippen molar-refractivity contribution in [3.8, 4) is 0 Å². The van der Waals surface area contributed by atoms with E-state index in [0.29, 0.717) is 32.7 Å². The molecule has 16 heavy (non-hydrogen) atoms. The summed E-state index contributed by atoms with van der Waals surface area (Å²) in [5.41, 5.74) is 0. The first kappa shape index (κ1) is 13.9. The van der Waals surface area contributed by atoms with Crippen LogP contribution in [0.2, 0.25) is 0 Å². The quantitative estimate of drug-likeness (QED) is 0.577. The molecule has 0 spiro atoms. The predicted octanol–water partition coefficient (Wildman–Crippen LogP) is -0.847. The third-order valence-corrected chi connectivity index (χ3v) is 3.73. The average molecular weight is 251 g/mol. The fraction of sp³-hybridized carbons (Fsp3) is 1.00. The van der Waals surface area contributed by atoms with Gasteiger partial charge in [-0.3, -0.25) is 0 Å². The van der Waals surface area contributed by atoms with Gasteiger partial charge in [0.15, 0.2) is 0 Å². The van der Waals surface area contributed by atoms with E-state index < -0.39 is 10.0 Å². The summed E-state index contributed by atoms with van der Waals surface area (Å²) in [5.74, 6) is 0.187. The maximum atomic E-state index is 11.6. The largest absolute Gasteiger partial charge is 0.379 e. The maximum Gasteiger partial charge on any atom is 0.224 e. The Morgan fingerprint density at radius 2 is 1.94 bits per heavy atom. The number of sulfonamides is 1. The van der Waals surface area contributed by atoms with Crippen LogP contribution in [0.1, 0.15) is 12.8 Å². The van der Waals surface area contributed by atoms with Crippen LogP contribution in [0.3, 0.4) is 0 Å². The molecule has 0 saturated carbocycles. The number of morpholine rings is 1. The maximum absolute atomic E-state index is 11.6. The summed E-state index contributed by atoms with van der Waals surface area (Å²) in [6.07, 6.45) is 1.56. The molecule has 1 aliphatic heterocycles. The predicted molar refractivity (Wildman–Crippen MR) is 62.5 cm³/mol. The Kier molecular flexibility index (Phi) is 6.22. The molecule has 0 atom stereocenters. The molecule has 1 heterocycles. The van der Waals surface area contributed by atoms with Gasteiger partial charge in [-0.05, 0) is 26.4 Å². The molecule has 0 aromatic carbocycles. The lowest BCUT2D eigenvalue weighted by atomic mass is 10.3. The van der Waals surface area contributed by atoms with Crippen molar-refractivity contribution >= 4 is 10.0 Å². The third-order valence-electron chi connectivity index (χ3n) is 2.37. The second-order valence-electron chi connectivity index (χ2n) is 3.82. The van der Waals surface area contributed by atoms with Crippen LogP contribution in [0.25, 0.3) is 0 Å². The first-order valence-electron chi connectivity index (χ1n) is 5.61. The monoisotopic (exact) mass is 251 g/mol. The molecule has 1 rings (SSSR count). The first-order valence-corrected chi connectivity index (χ1v) is 7.27. The molecular weight excluding hydrogens is 230 g/mol.